The summed E-state index contributed by atoms with van der Waals surface area (Å²) in [6.07, 6.45) is 1.87. The van der Waals surface area contributed by atoms with Crippen molar-refractivity contribution in [1.29, 1.82) is 5.41 Å². The highest BCUT2D eigenvalue weighted by Gasteiger charge is 2.65. The maximum Gasteiger partial charge on any atom is 0.335 e. The lowest BCUT2D eigenvalue weighted by Crippen LogP contribution is -2.32. The molecule has 1 heterocycles. The fourth-order valence-corrected chi connectivity index (χ4v) is 6.09. The highest BCUT2D eigenvalue weighted by molar-refractivity contribution is 6.34. The Bertz CT molecular complexity index is 1680. The number of anilines is 2. The van der Waals surface area contributed by atoms with Crippen LogP contribution in [0, 0.1) is 12.3 Å². The number of nitrogens with zero attached hydrogens (tertiary/aromatic N) is 1. The van der Waals surface area contributed by atoms with Crippen molar-refractivity contribution in [3.63, 3.8) is 0 Å². The lowest BCUT2D eigenvalue weighted by atomic mass is 9.89. The SMILES string of the molecule is Cc1ccc(C2CC23C(=O)Nc2cc(Cl)c(-c4ccc(-c5ccc(N(N)CC=N)cc5)cc4)cc23)cc1C(=O)O. The van der Waals surface area contributed by atoms with E-state index in [1.807, 2.05) is 72.8 Å². The average Bonchev–Trinajstić information content (AvgIpc) is 3.64. The third-order valence-corrected chi connectivity index (χ3v) is 8.43. The molecule has 0 bridgehead atoms. The second-order valence-electron chi connectivity index (χ2n) is 10.4. The average molecular weight is 551 g/mol. The van der Waals surface area contributed by atoms with Crippen LogP contribution in [-0.2, 0) is 10.2 Å². The van der Waals surface area contributed by atoms with Crippen LogP contribution in [0.25, 0.3) is 22.3 Å². The number of rotatable bonds is 7. The van der Waals surface area contributed by atoms with Crippen LogP contribution in [0.1, 0.15) is 39.4 Å². The van der Waals surface area contributed by atoms with Crippen LogP contribution in [0.3, 0.4) is 0 Å². The van der Waals surface area contributed by atoms with Crippen molar-refractivity contribution in [3.8, 4) is 22.3 Å². The Hall–Kier alpha value is -4.46. The molecule has 40 heavy (non-hydrogen) atoms. The Balaban J connectivity index is 1.30. The van der Waals surface area contributed by atoms with Gasteiger partial charge in [-0.2, -0.15) is 0 Å². The topological polar surface area (TPSA) is 120 Å². The summed E-state index contributed by atoms with van der Waals surface area (Å²) in [6, 6.07) is 25.2. The summed E-state index contributed by atoms with van der Waals surface area (Å²) >= 11 is 6.71. The van der Waals surface area contributed by atoms with Gasteiger partial charge in [0.05, 0.1) is 28.2 Å². The van der Waals surface area contributed by atoms with Gasteiger partial charge in [-0.25, -0.2) is 10.6 Å². The number of carbonyl (C=O) groups is 2. The molecule has 7 nitrogen and oxygen atoms in total. The molecule has 1 saturated carbocycles. The number of nitrogens with one attached hydrogen (secondary N) is 2. The molecule has 1 fully saturated rings. The predicted octanol–water partition coefficient (Wildman–Crippen LogP) is 6.39. The fraction of sp³-hybridized carbons (Fsp3) is 0.156. The first-order chi connectivity index (χ1) is 19.2. The number of hydrogen-bond acceptors (Lipinski definition) is 5. The van der Waals surface area contributed by atoms with Crippen LogP contribution >= 0.6 is 11.6 Å². The number of amides is 1. The van der Waals surface area contributed by atoms with Crippen molar-refractivity contribution in [3.05, 3.63) is 106 Å². The van der Waals surface area contributed by atoms with Gasteiger partial charge in [0.2, 0.25) is 5.91 Å². The smallest absolute Gasteiger partial charge is 0.335 e. The van der Waals surface area contributed by atoms with E-state index in [1.54, 1.807) is 13.0 Å². The molecule has 1 aliphatic carbocycles. The van der Waals surface area contributed by atoms with Crippen molar-refractivity contribution in [1.82, 2.24) is 0 Å². The van der Waals surface area contributed by atoms with E-state index >= 15 is 0 Å². The van der Waals surface area contributed by atoms with Crippen LogP contribution in [0.5, 0.6) is 0 Å². The number of aromatic carboxylic acids is 1. The molecular weight excluding hydrogens is 524 g/mol. The molecule has 6 rings (SSSR count). The number of halogens is 1. The Labute approximate surface area is 236 Å². The number of fused-ring (bicyclic) bond motifs is 2. The van der Waals surface area contributed by atoms with Crippen molar-refractivity contribution < 1.29 is 14.7 Å². The summed E-state index contributed by atoms with van der Waals surface area (Å²) in [5.74, 6) is 4.80. The van der Waals surface area contributed by atoms with Crippen LogP contribution in [0.4, 0.5) is 11.4 Å². The number of hydrogen-bond donors (Lipinski definition) is 4. The van der Waals surface area contributed by atoms with Gasteiger partial charge in [0.1, 0.15) is 0 Å². The van der Waals surface area contributed by atoms with Crippen LogP contribution in [0.15, 0.2) is 78.9 Å². The van der Waals surface area contributed by atoms with Gasteiger partial charge in [-0.05, 0) is 77.1 Å². The van der Waals surface area contributed by atoms with Gasteiger partial charge in [0.25, 0.3) is 0 Å². The molecule has 1 amide bonds. The predicted molar refractivity (Wildman–Crippen MR) is 158 cm³/mol. The first-order valence-electron chi connectivity index (χ1n) is 12.9. The van der Waals surface area contributed by atoms with Crippen LogP contribution in [-0.4, -0.2) is 29.7 Å². The standard InChI is InChI=1S/C32H27ClN4O3/c1-18-2-3-22(14-24(18)30(38)39)27-17-32(27)26-15-25(28(33)16-29(26)36-31(32)40)21-6-4-19(5-7-21)20-8-10-23(11-9-20)37(35)13-12-34/h2-12,14-16,27,34H,13,17,35H2,1H3,(H,36,40)(H,38,39). The molecule has 1 spiro atoms. The second kappa shape index (κ2) is 9.62. The quantitative estimate of drug-likeness (QED) is 0.121. The van der Waals surface area contributed by atoms with Crippen LogP contribution in [0.2, 0.25) is 5.02 Å². The fourth-order valence-electron chi connectivity index (χ4n) is 5.82. The number of benzene rings is 4. The third kappa shape index (κ3) is 4.15. The van der Waals surface area contributed by atoms with Crippen LogP contribution < -0.4 is 16.2 Å². The molecule has 0 aromatic heterocycles. The molecule has 4 aromatic rings. The molecule has 1 aliphatic heterocycles. The zero-order valence-corrected chi connectivity index (χ0v) is 22.5. The Kier molecular flexibility index (Phi) is 6.21. The van der Waals surface area contributed by atoms with E-state index < -0.39 is 11.4 Å². The lowest BCUT2D eigenvalue weighted by molar-refractivity contribution is -0.118. The van der Waals surface area contributed by atoms with E-state index in [-0.39, 0.29) is 17.4 Å². The lowest BCUT2D eigenvalue weighted by Gasteiger charge is -2.16. The Morgan fingerprint density at radius 2 is 1.73 bits per heavy atom. The summed E-state index contributed by atoms with van der Waals surface area (Å²) in [5, 5.41) is 21.9. The van der Waals surface area contributed by atoms with E-state index in [0.29, 0.717) is 29.2 Å². The first kappa shape index (κ1) is 25.8. The Morgan fingerprint density at radius 3 is 2.38 bits per heavy atom. The summed E-state index contributed by atoms with van der Waals surface area (Å²) in [4.78, 5) is 25.0. The number of carboxylic acid groups (broad SMARTS) is 1. The molecule has 0 radical (unpaired) electrons. The van der Waals surface area contributed by atoms with Crippen molar-refractivity contribution in [2.75, 3.05) is 16.9 Å². The largest absolute Gasteiger partial charge is 0.478 e. The normalized spacial score (nSPS) is 18.8. The van der Waals surface area contributed by atoms with Crippen molar-refractivity contribution >= 4 is 41.1 Å². The Morgan fingerprint density at radius 1 is 1.07 bits per heavy atom. The molecule has 8 heteroatoms. The summed E-state index contributed by atoms with van der Waals surface area (Å²) in [6.45, 7) is 2.11. The number of nitrogens with two attached hydrogens (primary N) is 1. The van der Waals surface area contributed by atoms with Crippen molar-refractivity contribution in [2.24, 2.45) is 5.84 Å². The second-order valence-corrected chi connectivity index (χ2v) is 10.8. The maximum absolute atomic E-state index is 13.3. The maximum atomic E-state index is 13.3. The minimum absolute atomic E-state index is 0.0753. The minimum Gasteiger partial charge on any atom is -0.478 e. The number of hydrazine groups is 1. The molecule has 2 atom stereocenters. The van der Waals surface area contributed by atoms with Crippen molar-refractivity contribution in [2.45, 2.75) is 24.7 Å². The highest BCUT2D eigenvalue weighted by atomic mass is 35.5. The molecule has 5 N–H and O–H groups in total. The highest BCUT2D eigenvalue weighted by Crippen LogP contribution is 2.65. The van der Waals surface area contributed by atoms with Gasteiger partial charge < -0.3 is 20.8 Å². The number of carboxylic acids is 1. The first-order valence-corrected chi connectivity index (χ1v) is 13.3. The van der Waals surface area contributed by atoms with E-state index in [1.165, 1.54) is 11.2 Å². The van der Waals surface area contributed by atoms with Gasteiger partial charge in [-0.3, -0.25) is 4.79 Å². The van der Waals surface area contributed by atoms with E-state index in [2.05, 4.69) is 5.32 Å². The summed E-state index contributed by atoms with van der Waals surface area (Å²) in [5.41, 5.74) is 7.36. The molecule has 2 unspecified atom stereocenters. The monoisotopic (exact) mass is 550 g/mol. The van der Waals surface area contributed by atoms with Gasteiger partial charge in [0, 0.05) is 23.4 Å². The molecular formula is C32H27ClN4O3. The van der Waals surface area contributed by atoms with E-state index in [0.717, 1.165) is 39.1 Å². The number of aryl methyl sites for hydroxylation is 1. The zero-order chi connectivity index (χ0) is 28.2. The summed E-state index contributed by atoms with van der Waals surface area (Å²) < 4.78 is 0. The third-order valence-electron chi connectivity index (χ3n) is 8.11. The minimum atomic E-state index is -0.970. The van der Waals surface area contributed by atoms with Gasteiger partial charge in [-0.1, -0.05) is 60.1 Å². The van der Waals surface area contributed by atoms with Gasteiger partial charge >= 0.3 is 5.97 Å². The number of carbonyl (C=O) groups excluding carboxylic acids is 1. The molecule has 2 aliphatic rings. The summed E-state index contributed by atoms with van der Waals surface area (Å²) in [7, 11) is 0. The molecule has 4 aromatic carbocycles. The molecule has 0 saturated heterocycles. The van der Waals surface area contributed by atoms with E-state index in [4.69, 9.17) is 22.9 Å². The molecule has 200 valence electrons. The zero-order valence-electron chi connectivity index (χ0n) is 21.7. The van der Waals surface area contributed by atoms with E-state index in [9.17, 15) is 14.7 Å². The van der Waals surface area contributed by atoms with Gasteiger partial charge in [0.15, 0.2) is 0 Å². The van der Waals surface area contributed by atoms with Gasteiger partial charge in [-0.15, -0.1) is 0 Å².